The molecule has 2 rings (SSSR count). The molecule has 1 heteroatoms. The molecule has 21 heavy (non-hydrogen) atoms. The van der Waals surface area contributed by atoms with Crippen LogP contribution in [-0.2, 0) is 6.42 Å². The van der Waals surface area contributed by atoms with E-state index in [2.05, 4.69) is 54.9 Å². The summed E-state index contributed by atoms with van der Waals surface area (Å²) in [5.41, 5.74) is 4.86. The fourth-order valence-electron chi connectivity index (χ4n) is 4.03. The van der Waals surface area contributed by atoms with Crippen LogP contribution in [0.25, 0.3) is 0 Å². The van der Waals surface area contributed by atoms with Crippen LogP contribution in [0.2, 0.25) is 0 Å². The molecule has 0 heterocycles. The molecule has 0 N–H and O–H groups in total. The van der Waals surface area contributed by atoms with Crippen LogP contribution in [0.15, 0.2) is 18.2 Å². The minimum Gasteiger partial charge on any atom is -0.0922 e. The Morgan fingerprint density at radius 3 is 2.24 bits per heavy atom. The average molecular weight is 351 g/mol. The summed E-state index contributed by atoms with van der Waals surface area (Å²) in [5, 5.41) is 1.16. The number of benzene rings is 1. The lowest BCUT2D eigenvalue weighted by molar-refractivity contribution is 0.168. The number of hydrogen-bond acceptors (Lipinski definition) is 0. The summed E-state index contributed by atoms with van der Waals surface area (Å²) >= 11 is 3.84. The molecule has 1 aliphatic rings. The second kappa shape index (κ2) is 7.81. The van der Waals surface area contributed by atoms with Crippen molar-refractivity contribution in [3.63, 3.8) is 0 Å². The van der Waals surface area contributed by atoms with E-state index in [0.29, 0.717) is 5.41 Å². The third kappa shape index (κ3) is 4.84. The molecule has 0 aromatic heterocycles. The highest BCUT2D eigenvalue weighted by atomic mass is 79.9. The van der Waals surface area contributed by atoms with E-state index in [0.717, 1.165) is 11.2 Å². The predicted molar refractivity (Wildman–Crippen MR) is 97.3 cm³/mol. The smallest absolute Gasteiger partial charge is 0.00911 e. The fourth-order valence-corrected chi connectivity index (χ4v) is 4.79. The minimum absolute atomic E-state index is 0.503. The van der Waals surface area contributed by atoms with Gasteiger partial charge in [0.25, 0.3) is 0 Å². The van der Waals surface area contributed by atoms with Gasteiger partial charge in [-0.1, -0.05) is 71.4 Å². The van der Waals surface area contributed by atoms with E-state index < -0.39 is 0 Å². The maximum absolute atomic E-state index is 3.84. The molecule has 0 nitrogen and oxygen atoms in total. The van der Waals surface area contributed by atoms with Crippen LogP contribution in [0.1, 0.15) is 68.6 Å². The Labute approximate surface area is 139 Å². The third-order valence-corrected chi connectivity index (χ3v) is 6.47. The molecule has 0 bridgehead atoms. The SMILES string of the molecule is CCCCC1CCC(CBr)(Cc2cc(C)cc(C)c2)CC1. The van der Waals surface area contributed by atoms with Crippen molar-refractivity contribution in [3.8, 4) is 0 Å². The zero-order valence-electron chi connectivity index (χ0n) is 14.1. The van der Waals surface area contributed by atoms with Crippen molar-refractivity contribution in [2.45, 2.75) is 72.1 Å². The second-order valence-electron chi connectivity index (χ2n) is 7.39. The van der Waals surface area contributed by atoms with Crippen LogP contribution in [0.4, 0.5) is 0 Å². The van der Waals surface area contributed by atoms with Crippen LogP contribution in [0.3, 0.4) is 0 Å². The third-order valence-electron chi connectivity index (χ3n) is 5.28. The number of rotatable bonds is 6. The number of halogens is 1. The Morgan fingerprint density at radius 1 is 1.10 bits per heavy atom. The summed E-state index contributed by atoms with van der Waals surface area (Å²) in [4.78, 5) is 0. The lowest BCUT2D eigenvalue weighted by Gasteiger charge is -2.39. The van der Waals surface area contributed by atoms with Crippen LogP contribution < -0.4 is 0 Å². The van der Waals surface area contributed by atoms with E-state index in [1.54, 1.807) is 5.56 Å². The molecule has 1 saturated carbocycles. The van der Waals surface area contributed by atoms with Crippen LogP contribution in [0, 0.1) is 25.2 Å². The molecule has 0 aliphatic heterocycles. The molecule has 0 atom stereocenters. The van der Waals surface area contributed by atoms with Crippen molar-refractivity contribution in [1.82, 2.24) is 0 Å². The molecule has 0 amide bonds. The zero-order valence-corrected chi connectivity index (χ0v) is 15.6. The highest BCUT2D eigenvalue weighted by Gasteiger charge is 2.34. The van der Waals surface area contributed by atoms with Crippen molar-refractivity contribution in [2.24, 2.45) is 11.3 Å². The van der Waals surface area contributed by atoms with E-state index in [1.165, 1.54) is 62.5 Å². The standard InChI is InChI=1S/C20H31Br/c1-4-5-6-18-7-9-20(15-21,10-8-18)14-19-12-16(2)11-17(3)13-19/h11-13,18H,4-10,14-15H2,1-3H3. The maximum atomic E-state index is 3.84. The number of hydrogen-bond donors (Lipinski definition) is 0. The monoisotopic (exact) mass is 350 g/mol. The first kappa shape index (κ1) is 17.1. The summed E-state index contributed by atoms with van der Waals surface area (Å²) < 4.78 is 0. The van der Waals surface area contributed by atoms with Crippen molar-refractivity contribution in [3.05, 3.63) is 34.9 Å². The van der Waals surface area contributed by atoms with Crippen molar-refractivity contribution < 1.29 is 0 Å². The number of aryl methyl sites for hydroxylation is 2. The van der Waals surface area contributed by atoms with Gasteiger partial charge in [-0.25, -0.2) is 0 Å². The lowest BCUT2D eigenvalue weighted by atomic mass is 9.68. The predicted octanol–water partition coefficient (Wildman–Crippen LogP) is 6.61. The molecule has 0 saturated heterocycles. The van der Waals surface area contributed by atoms with Gasteiger partial charge in [-0.3, -0.25) is 0 Å². The van der Waals surface area contributed by atoms with Crippen LogP contribution in [-0.4, -0.2) is 5.33 Å². The highest BCUT2D eigenvalue weighted by molar-refractivity contribution is 9.09. The quantitative estimate of drug-likeness (QED) is 0.506. The molecule has 1 aliphatic carbocycles. The van der Waals surface area contributed by atoms with E-state index in [1.807, 2.05) is 0 Å². The van der Waals surface area contributed by atoms with Gasteiger partial charge >= 0.3 is 0 Å². The normalized spacial score (nSPS) is 26.0. The van der Waals surface area contributed by atoms with Gasteiger partial charge in [0.15, 0.2) is 0 Å². The van der Waals surface area contributed by atoms with Crippen molar-refractivity contribution in [2.75, 3.05) is 5.33 Å². The topological polar surface area (TPSA) is 0 Å². The summed E-state index contributed by atoms with van der Waals surface area (Å²) in [6, 6.07) is 7.06. The van der Waals surface area contributed by atoms with Crippen LogP contribution in [0.5, 0.6) is 0 Å². The summed E-state index contributed by atoms with van der Waals surface area (Å²) in [5.74, 6) is 0.997. The lowest BCUT2D eigenvalue weighted by Crippen LogP contribution is -2.31. The number of alkyl halides is 1. The van der Waals surface area contributed by atoms with Gasteiger partial charge in [0.2, 0.25) is 0 Å². The summed E-state index contributed by atoms with van der Waals surface area (Å²) in [6.07, 6.45) is 11.2. The maximum Gasteiger partial charge on any atom is 0.00911 e. The second-order valence-corrected chi connectivity index (χ2v) is 7.95. The van der Waals surface area contributed by atoms with E-state index in [4.69, 9.17) is 0 Å². The minimum atomic E-state index is 0.503. The molecule has 0 unspecified atom stereocenters. The molecule has 1 aromatic carbocycles. The molecule has 0 radical (unpaired) electrons. The van der Waals surface area contributed by atoms with Crippen LogP contribution >= 0.6 is 15.9 Å². The Kier molecular flexibility index (Phi) is 6.34. The first-order valence-corrected chi connectivity index (χ1v) is 9.82. The Morgan fingerprint density at radius 2 is 1.71 bits per heavy atom. The molecule has 0 spiro atoms. The van der Waals surface area contributed by atoms with Gasteiger partial charge in [-0.15, -0.1) is 0 Å². The summed E-state index contributed by atoms with van der Waals surface area (Å²) in [6.45, 7) is 6.75. The Balaban J connectivity index is 1.99. The van der Waals surface area contributed by atoms with Gasteiger partial charge < -0.3 is 0 Å². The zero-order chi connectivity index (χ0) is 15.3. The summed E-state index contributed by atoms with van der Waals surface area (Å²) in [7, 11) is 0. The first-order valence-electron chi connectivity index (χ1n) is 8.70. The van der Waals surface area contributed by atoms with Crippen molar-refractivity contribution >= 4 is 15.9 Å². The van der Waals surface area contributed by atoms with Gasteiger partial charge in [0, 0.05) is 5.33 Å². The fraction of sp³-hybridized carbons (Fsp3) is 0.700. The van der Waals surface area contributed by atoms with E-state index >= 15 is 0 Å². The average Bonchev–Trinajstić information content (AvgIpc) is 2.45. The largest absolute Gasteiger partial charge is 0.0922 e. The molecule has 1 fully saturated rings. The first-order chi connectivity index (χ1) is 10.1. The Bertz CT molecular complexity index is 421. The molecular formula is C20H31Br. The van der Waals surface area contributed by atoms with Gasteiger partial charge in [-0.2, -0.15) is 0 Å². The van der Waals surface area contributed by atoms with E-state index in [-0.39, 0.29) is 0 Å². The molecule has 1 aromatic rings. The number of unbranched alkanes of at least 4 members (excludes halogenated alkanes) is 1. The van der Waals surface area contributed by atoms with Gasteiger partial charge in [0.05, 0.1) is 0 Å². The van der Waals surface area contributed by atoms with Gasteiger partial charge in [-0.05, 0) is 62.8 Å². The highest BCUT2D eigenvalue weighted by Crippen LogP contribution is 2.44. The Hall–Kier alpha value is -0.300. The molecule has 118 valence electrons. The van der Waals surface area contributed by atoms with Crippen molar-refractivity contribution in [1.29, 1.82) is 0 Å². The molecular weight excluding hydrogens is 320 g/mol. The van der Waals surface area contributed by atoms with Gasteiger partial charge in [0.1, 0.15) is 0 Å². The van der Waals surface area contributed by atoms with E-state index in [9.17, 15) is 0 Å².